The van der Waals surface area contributed by atoms with E-state index in [1.54, 1.807) is 13.8 Å². The van der Waals surface area contributed by atoms with Gasteiger partial charge in [0.25, 0.3) is 5.56 Å². The van der Waals surface area contributed by atoms with Gasteiger partial charge in [-0.3, -0.25) is 14.6 Å². The van der Waals surface area contributed by atoms with Gasteiger partial charge in [-0.1, -0.05) is 37.0 Å². The van der Waals surface area contributed by atoms with Gasteiger partial charge in [0.05, 0.1) is 22.0 Å². The maximum absolute atomic E-state index is 12.7. The first kappa shape index (κ1) is 21.8. The number of benzene rings is 1. The number of hydrogen-bond donors (Lipinski definition) is 2. The van der Waals surface area contributed by atoms with Crippen molar-refractivity contribution < 1.29 is 16.8 Å². The third-order valence-corrected chi connectivity index (χ3v) is 6.99. The highest BCUT2D eigenvalue weighted by molar-refractivity contribution is 7.92. The average molecular weight is 457 g/mol. The summed E-state index contributed by atoms with van der Waals surface area (Å²) in [5, 5.41) is 2.36. The molecule has 0 saturated carbocycles. The van der Waals surface area contributed by atoms with E-state index < -0.39 is 25.6 Å². The summed E-state index contributed by atoms with van der Waals surface area (Å²) in [5.74, 6) is -0.0745. The van der Waals surface area contributed by atoms with Gasteiger partial charge in [-0.15, -0.1) is 0 Å². The number of aromatic nitrogens is 2. The van der Waals surface area contributed by atoms with E-state index >= 15 is 0 Å². The molecule has 0 aliphatic rings. The second-order valence-corrected chi connectivity index (χ2v) is 10.0. The highest BCUT2D eigenvalue weighted by Gasteiger charge is 2.26. The molecule has 0 atom stereocenters. The fraction of sp³-hybridized carbons (Fsp3) is 0.357. The van der Waals surface area contributed by atoms with E-state index in [1.807, 2.05) is 0 Å². The Bertz CT molecular complexity index is 1120. The van der Waals surface area contributed by atoms with Gasteiger partial charge in [0.2, 0.25) is 20.0 Å². The average Bonchev–Trinajstić information content (AvgIpc) is 2.88. The lowest BCUT2D eigenvalue weighted by molar-refractivity contribution is 0.445. The van der Waals surface area contributed by atoms with Crippen molar-refractivity contribution in [2.24, 2.45) is 0 Å². The monoisotopic (exact) mass is 456 g/mol. The number of nitrogens with one attached hydrogen (secondary N) is 2. The minimum Gasteiger partial charge on any atom is -0.275 e. The van der Waals surface area contributed by atoms with Gasteiger partial charge in [0, 0.05) is 19.2 Å². The zero-order valence-corrected chi connectivity index (χ0v) is 17.8. The molecule has 0 bridgehead atoms. The van der Waals surface area contributed by atoms with Crippen molar-refractivity contribution in [3.63, 3.8) is 0 Å². The molecule has 150 valence electrons. The van der Waals surface area contributed by atoms with Crippen molar-refractivity contribution in [3.05, 3.63) is 38.6 Å². The quantitative estimate of drug-likeness (QED) is 0.658. The van der Waals surface area contributed by atoms with Gasteiger partial charge >= 0.3 is 0 Å². The Morgan fingerprint density at radius 3 is 2.19 bits per heavy atom. The van der Waals surface area contributed by atoms with Crippen LogP contribution in [0.15, 0.2) is 27.9 Å². The minimum absolute atomic E-state index is 0.0556. The molecule has 0 radical (unpaired) electrons. The summed E-state index contributed by atoms with van der Waals surface area (Å²) in [6.07, 6.45) is 0.930. The molecule has 13 heteroatoms. The Balaban J connectivity index is 2.57. The van der Waals surface area contributed by atoms with Crippen molar-refractivity contribution in [1.82, 2.24) is 14.1 Å². The fourth-order valence-corrected chi connectivity index (χ4v) is 5.21. The highest BCUT2D eigenvalue weighted by Crippen LogP contribution is 2.32. The van der Waals surface area contributed by atoms with Crippen molar-refractivity contribution in [1.29, 1.82) is 0 Å². The molecule has 0 amide bonds. The predicted molar refractivity (Wildman–Crippen MR) is 105 cm³/mol. The predicted octanol–water partition coefficient (Wildman–Crippen LogP) is 1.87. The third-order valence-electron chi connectivity index (χ3n) is 3.58. The SMILES string of the molecule is CCN(CC)S(=O)(=O)c1cc(Cl)c(-n2[nH]c(NS(C)(=O)=O)cc2=O)cc1Cl. The summed E-state index contributed by atoms with van der Waals surface area (Å²) >= 11 is 12.3. The molecule has 1 aromatic heterocycles. The van der Waals surface area contributed by atoms with Gasteiger partial charge in [-0.2, -0.15) is 4.31 Å². The van der Waals surface area contributed by atoms with Crippen LogP contribution in [-0.4, -0.2) is 50.3 Å². The summed E-state index contributed by atoms with van der Waals surface area (Å²) in [7, 11) is -7.45. The lowest BCUT2D eigenvalue weighted by atomic mass is 10.3. The van der Waals surface area contributed by atoms with Crippen LogP contribution in [0.1, 0.15) is 13.8 Å². The number of nitrogens with zero attached hydrogens (tertiary/aromatic N) is 2. The fourth-order valence-electron chi connectivity index (χ4n) is 2.42. The van der Waals surface area contributed by atoms with Crippen molar-refractivity contribution in [2.45, 2.75) is 18.7 Å². The highest BCUT2D eigenvalue weighted by atomic mass is 35.5. The second kappa shape index (κ2) is 7.84. The van der Waals surface area contributed by atoms with Crippen molar-refractivity contribution in [2.75, 3.05) is 24.1 Å². The van der Waals surface area contributed by atoms with Crippen LogP contribution in [0, 0.1) is 0 Å². The maximum atomic E-state index is 12.7. The van der Waals surface area contributed by atoms with Crippen LogP contribution in [-0.2, 0) is 20.0 Å². The smallest absolute Gasteiger partial charge is 0.273 e. The van der Waals surface area contributed by atoms with Crippen molar-refractivity contribution >= 4 is 49.1 Å². The van der Waals surface area contributed by atoms with E-state index in [0.29, 0.717) is 0 Å². The van der Waals surface area contributed by atoms with E-state index in [2.05, 4.69) is 9.82 Å². The van der Waals surface area contributed by atoms with Gasteiger partial charge in [-0.05, 0) is 12.1 Å². The standard InChI is InChI=1S/C14H18Cl2N4O5S2/c1-4-19(5-2)27(24,25)12-7-9(15)11(6-10(12)16)20-14(21)8-13(17-20)18-26(3,22)23/h6-8,17-18H,4-5H2,1-3H3. The number of halogens is 2. The number of rotatable bonds is 7. The molecule has 0 unspecified atom stereocenters. The first-order valence-electron chi connectivity index (χ1n) is 7.70. The lowest BCUT2D eigenvalue weighted by Gasteiger charge is -2.20. The number of sulfonamides is 2. The molecule has 0 spiro atoms. The van der Waals surface area contributed by atoms with E-state index in [4.69, 9.17) is 23.2 Å². The first-order valence-corrected chi connectivity index (χ1v) is 11.8. The zero-order valence-electron chi connectivity index (χ0n) is 14.7. The van der Waals surface area contributed by atoms with Crippen LogP contribution in [0.5, 0.6) is 0 Å². The maximum Gasteiger partial charge on any atom is 0.273 e. The number of H-pyrrole nitrogens is 1. The van der Waals surface area contributed by atoms with Gasteiger partial charge in [0.15, 0.2) is 0 Å². The summed E-state index contributed by atoms with van der Waals surface area (Å²) in [6, 6.07) is 3.40. The Labute approximate surface area is 167 Å². The summed E-state index contributed by atoms with van der Waals surface area (Å²) < 4.78 is 52.2. The van der Waals surface area contributed by atoms with E-state index in [1.165, 1.54) is 10.4 Å². The van der Waals surface area contributed by atoms with Gasteiger partial charge < -0.3 is 0 Å². The van der Waals surface area contributed by atoms with Crippen molar-refractivity contribution in [3.8, 4) is 5.69 Å². The molecule has 2 aromatic rings. The molecule has 9 nitrogen and oxygen atoms in total. The Morgan fingerprint density at radius 2 is 1.67 bits per heavy atom. The molecular formula is C14H18Cl2N4O5S2. The van der Waals surface area contributed by atoms with E-state index in [9.17, 15) is 21.6 Å². The molecule has 0 aliphatic carbocycles. The molecule has 0 aliphatic heterocycles. The molecule has 1 heterocycles. The largest absolute Gasteiger partial charge is 0.275 e. The summed E-state index contributed by atoms with van der Waals surface area (Å²) in [5.41, 5.74) is -0.537. The van der Waals surface area contributed by atoms with E-state index in [-0.39, 0.29) is 39.5 Å². The molecule has 27 heavy (non-hydrogen) atoms. The zero-order chi connectivity index (χ0) is 20.6. The number of aromatic amines is 1. The molecule has 2 N–H and O–H groups in total. The second-order valence-electron chi connectivity index (χ2n) is 5.54. The van der Waals surface area contributed by atoms with Crippen LogP contribution in [0.2, 0.25) is 10.0 Å². The van der Waals surface area contributed by atoms with E-state index in [0.717, 1.165) is 23.1 Å². The Hall–Kier alpha value is -1.53. The molecule has 0 saturated heterocycles. The topological polar surface area (TPSA) is 121 Å². The minimum atomic E-state index is -3.85. The van der Waals surface area contributed by atoms with Crippen LogP contribution >= 0.6 is 23.2 Å². The molecule has 1 aromatic carbocycles. The van der Waals surface area contributed by atoms with Crippen LogP contribution in [0.25, 0.3) is 5.69 Å². The lowest BCUT2D eigenvalue weighted by Crippen LogP contribution is -2.31. The molecule has 2 rings (SSSR count). The summed E-state index contributed by atoms with van der Waals surface area (Å²) in [6.45, 7) is 3.90. The Kier molecular flexibility index (Phi) is 6.32. The van der Waals surface area contributed by atoms with Gasteiger partial charge in [-0.25, -0.2) is 21.5 Å². The first-order chi connectivity index (χ1) is 12.4. The van der Waals surface area contributed by atoms with Crippen LogP contribution in [0.3, 0.4) is 0 Å². The summed E-state index contributed by atoms with van der Waals surface area (Å²) in [4.78, 5) is 12.0. The normalized spacial score (nSPS) is 12.5. The number of anilines is 1. The number of hydrogen-bond acceptors (Lipinski definition) is 5. The van der Waals surface area contributed by atoms with Crippen LogP contribution in [0.4, 0.5) is 5.82 Å². The third kappa shape index (κ3) is 4.66. The Morgan fingerprint density at radius 1 is 1.07 bits per heavy atom. The van der Waals surface area contributed by atoms with Gasteiger partial charge in [0.1, 0.15) is 10.7 Å². The molecule has 0 fully saturated rings. The van der Waals surface area contributed by atoms with Crippen LogP contribution < -0.4 is 10.3 Å². The molecular weight excluding hydrogens is 439 g/mol.